The fourth-order valence-electron chi connectivity index (χ4n) is 5.40. The van der Waals surface area contributed by atoms with Gasteiger partial charge < -0.3 is 10.1 Å². The summed E-state index contributed by atoms with van der Waals surface area (Å²) in [6, 6.07) is -0.265. The minimum absolute atomic E-state index is 0.0863. The second-order valence-electron chi connectivity index (χ2n) is 7.06. The molecule has 4 fully saturated rings. The van der Waals surface area contributed by atoms with Crippen molar-refractivity contribution in [3.63, 3.8) is 0 Å². The van der Waals surface area contributed by atoms with E-state index in [-0.39, 0.29) is 11.9 Å². The lowest BCUT2D eigenvalue weighted by atomic mass is 9.48. The van der Waals surface area contributed by atoms with Crippen LogP contribution in [0.5, 0.6) is 0 Å². The van der Waals surface area contributed by atoms with Crippen LogP contribution in [0, 0.1) is 23.2 Å². The highest BCUT2D eigenvalue weighted by Gasteiger charge is 2.51. The zero-order valence-corrected chi connectivity index (χ0v) is 11.2. The fourth-order valence-corrected chi connectivity index (χ4v) is 5.40. The van der Waals surface area contributed by atoms with Crippen LogP contribution in [0.25, 0.3) is 0 Å². The van der Waals surface area contributed by atoms with E-state index in [0.717, 1.165) is 30.5 Å². The lowest BCUT2D eigenvalue weighted by Gasteiger charge is -2.57. The maximum absolute atomic E-state index is 11.1. The van der Waals surface area contributed by atoms with E-state index in [2.05, 4.69) is 5.32 Å². The molecule has 0 aliphatic heterocycles. The third-order valence-electron chi connectivity index (χ3n) is 5.37. The molecule has 4 rings (SSSR count). The van der Waals surface area contributed by atoms with E-state index in [1.54, 1.807) is 0 Å². The Balaban J connectivity index is 1.71. The van der Waals surface area contributed by atoms with E-state index in [1.807, 2.05) is 0 Å². The average molecular weight is 249 g/mol. The van der Waals surface area contributed by atoms with Crippen LogP contribution in [-0.2, 0) is 9.59 Å². The lowest BCUT2D eigenvalue weighted by Crippen LogP contribution is -2.49. The molecule has 1 N–H and O–H groups in total. The molecule has 0 spiro atoms. The summed E-state index contributed by atoms with van der Waals surface area (Å²) in [5.74, 6) is 2.62. The van der Waals surface area contributed by atoms with Gasteiger partial charge in [0.25, 0.3) is 0 Å². The third kappa shape index (κ3) is 2.19. The van der Waals surface area contributed by atoms with Crippen LogP contribution in [0.15, 0.2) is 0 Å². The SMILES string of the molecule is CC(=O)N[C@@H](C=O)CC12CC3CC(CC(C3)C1)C2. The van der Waals surface area contributed by atoms with Gasteiger partial charge in [-0.3, -0.25) is 4.79 Å². The predicted octanol–water partition coefficient (Wildman–Crippen LogP) is 2.30. The number of carbonyl (C=O) groups is 2. The topological polar surface area (TPSA) is 46.2 Å². The minimum atomic E-state index is -0.265. The van der Waals surface area contributed by atoms with E-state index < -0.39 is 0 Å². The van der Waals surface area contributed by atoms with E-state index in [0.29, 0.717) is 5.41 Å². The lowest BCUT2D eigenvalue weighted by molar-refractivity contribution is -0.124. The summed E-state index contributed by atoms with van der Waals surface area (Å²) in [6.45, 7) is 1.50. The van der Waals surface area contributed by atoms with Crippen molar-refractivity contribution in [2.24, 2.45) is 23.2 Å². The highest BCUT2D eigenvalue weighted by molar-refractivity contribution is 5.77. The average Bonchev–Trinajstić information content (AvgIpc) is 2.25. The first-order valence-electron chi connectivity index (χ1n) is 7.31. The number of aldehydes is 1. The first kappa shape index (κ1) is 12.2. The highest BCUT2D eigenvalue weighted by Crippen LogP contribution is 2.61. The zero-order chi connectivity index (χ0) is 12.8. The molecule has 0 unspecified atom stereocenters. The Kier molecular flexibility index (Phi) is 2.95. The number of rotatable bonds is 4. The minimum Gasteiger partial charge on any atom is -0.347 e. The third-order valence-corrected chi connectivity index (χ3v) is 5.37. The summed E-state index contributed by atoms with van der Waals surface area (Å²) < 4.78 is 0. The van der Waals surface area contributed by atoms with Crippen molar-refractivity contribution in [2.75, 3.05) is 0 Å². The molecule has 4 bridgehead atoms. The van der Waals surface area contributed by atoms with Gasteiger partial charge in [0.15, 0.2) is 0 Å². The Labute approximate surface area is 109 Å². The Morgan fingerprint density at radius 2 is 1.72 bits per heavy atom. The number of hydrogen-bond acceptors (Lipinski definition) is 2. The fraction of sp³-hybridized carbons (Fsp3) is 0.867. The van der Waals surface area contributed by atoms with Crippen LogP contribution < -0.4 is 5.32 Å². The summed E-state index contributed by atoms with van der Waals surface area (Å²) in [6.07, 6.45) is 9.95. The molecule has 100 valence electrons. The second-order valence-corrected chi connectivity index (χ2v) is 7.06. The van der Waals surface area contributed by atoms with Crippen LogP contribution in [-0.4, -0.2) is 18.2 Å². The normalized spacial score (nSPS) is 42.6. The maximum atomic E-state index is 11.1. The van der Waals surface area contributed by atoms with Crippen molar-refractivity contribution in [2.45, 2.75) is 57.9 Å². The monoisotopic (exact) mass is 249 g/mol. The van der Waals surface area contributed by atoms with Crippen molar-refractivity contribution in [3.8, 4) is 0 Å². The van der Waals surface area contributed by atoms with Gasteiger partial charge in [0, 0.05) is 6.92 Å². The van der Waals surface area contributed by atoms with Gasteiger partial charge in [-0.15, -0.1) is 0 Å². The molecule has 0 aromatic rings. The van der Waals surface area contributed by atoms with Gasteiger partial charge in [-0.05, 0) is 68.1 Å². The Morgan fingerprint density at radius 1 is 1.22 bits per heavy atom. The highest BCUT2D eigenvalue weighted by atomic mass is 16.2. The Morgan fingerprint density at radius 3 is 2.11 bits per heavy atom. The Bertz CT molecular complexity index is 328. The molecule has 3 nitrogen and oxygen atoms in total. The summed E-state index contributed by atoms with van der Waals surface area (Å²) in [4.78, 5) is 22.3. The number of hydrogen-bond donors (Lipinski definition) is 1. The smallest absolute Gasteiger partial charge is 0.217 e. The quantitative estimate of drug-likeness (QED) is 0.777. The molecule has 18 heavy (non-hydrogen) atoms. The first-order chi connectivity index (χ1) is 8.58. The van der Waals surface area contributed by atoms with E-state index >= 15 is 0 Å². The maximum Gasteiger partial charge on any atom is 0.217 e. The van der Waals surface area contributed by atoms with Crippen molar-refractivity contribution < 1.29 is 9.59 Å². The van der Waals surface area contributed by atoms with Gasteiger partial charge in [-0.2, -0.15) is 0 Å². The molecule has 4 aliphatic carbocycles. The molecule has 0 aromatic carbocycles. The van der Waals surface area contributed by atoms with Crippen molar-refractivity contribution in [1.82, 2.24) is 5.32 Å². The van der Waals surface area contributed by atoms with Crippen LogP contribution in [0.2, 0.25) is 0 Å². The van der Waals surface area contributed by atoms with Crippen LogP contribution in [0.3, 0.4) is 0 Å². The predicted molar refractivity (Wildman–Crippen MR) is 68.9 cm³/mol. The van der Waals surface area contributed by atoms with Gasteiger partial charge in [0.1, 0.15) is 6.29 Å². The number of nitrogens with one attached hydrogen (secondary N) is 1. The Hall–Kier alpha value is -0.860. The van der Waals surface area contributed by atoms with Gasteiger partial charge in [0.05, 0.1) is 6.04 Å². The molecule has 1 atom stereocenters. The van der Waals surface area contributed by atoms with E-state index in [1.165, 1.54) is 45.4 Å². The van der Waals surface area contributed by atoms with Gasteiger partial charge >= 0.3 is 0 Å². The van der Waals surface area contributed by atoms with Gasteiger partial charge in [-0.25, -0.2) is 0 Å². The summed E-state index contributed by atoms with van der Waals surface area (Å²) in [5.41, 5.74) is 0.364. The molecule has 0 saturated heterocycles. The summed E-state index contributed by atoms with van der Waals surface area (Å²) in [5, 5.41) is 2.80. The molecule has 0 heterocycles. The van der Waals surface area contributed by atoms with Gasteiger partial charge in [0.2, 0.25) is 5.91 Å². The molecule has 1 amide bonds. The molecule has 4 aliphatic rings. The molecule has 3 heteroatoms. The zero-order valence-electron chi connectivity index (χ0n) is 11.2. The number of amides is 1. The van der Waals surface area contributed by atoms with Crippen molar-refractivity contribution in [1.29, 1.82) is 0 Å². The van der Waals surface area contributed by atoms with Crippen molar-refractivity contribution >= 4 is 12.2 Å². The van der Waals surface area contributed by atoms with E-state index in [9.17, 15) is 9.59 Å². The molecule has 4 saturated carbocycles. The van der Waals surface area contributed by atoms with Crippen LogP contribution >= 0.6 is 0 Å². The standard InChI is InChI=1S/C15H23NO2/c1-10(18)16-14(9-17)8-15-5-11-2-12(6-15)4-13(3-11)7-15/h9,11-14H,2-8H2,1H3,(H,16,18)/t11?,12?,13?,14-,15?/m1/s1. The summed E-state index contributed by atoms with van der Waals surface area (Å²) >= 11 is 0. The molecular weight excluding hydrogens is 226 g/mol. The number of carbonyl (C=O) groups excluding carboxylic acids is 2. The molecule has 0 aromatic heterocycles. The molecule has 0 radical (unpaired) electrons. The first-order valence-corrected chi connectivity index (χ1v) is 7.31. The van der Waals surface area contributed by atoms with Crippen LogP contribution in [0.4, 0.5) is 0 Å². The largest absolute Gasteiger partial charge is 0.347 e. The van der Waals surface area contributed by atoms with Crippen LogP contribution in [0.1, 0.15) is 51.9 Å². The van der Waals surface area contributed by atoms with E-state index in [4.69, 9.17) is 0 Å². The van der Waals surface area contributed by atoms with Gasteiger partial charge in [-0.1, -0.05) is 0 Å². The van der Waals surface area contributed by atoms with Crippen molar-refractivity contribution in [3.05, 3.63) is 0 Å². The second kappa shape index (κ2) is 4.36. The summed E-state index contributed by atoms with van der Waals surface area (Å²) in [7, 11) is 0. The molecular formula is C15H23NO2.